The van der Waals surface area contributed by atoms with E-state index in [0.29, 0.717) is 36.3 Å². The van der Waals surface area contributed by atoms with Crippen molar-refractivity contribution in [2.45, 2.75) is 13.0 Å². The van der Waals surface area contributed by atoms with Gasteiger partial charge in [-0.25, -0.2) is 4.39 Å². The van der Waals surface area contributed by atoms with Gasteiger partial charge in [0, 0.05) is 19.6 Å². The van der Waals surface area contributed by atoms with Gasteiger partial charge in [0.2, 0.25) is 5.91 Å². The molecule has 3 amide bonds. The van der Waals surface area contributed by atoms with Crippen LogP contribution in [0.4, 0.5) is 4.39 Å². The molecule has 1 N–H and O–H groups in total. The van der Waals surface area contributed by atoms with Crippen LogP contribution in [0.25, 0.3) is 0 Å². The van der Waals surface area contributed by atoms with E-state index < -0.39 is 11.8 Å². The molecule has 0 aliphatic carbocycles. The fourth-order valence-electron chi connectivity index (χ4n) is 3.79. The van der Waals surface area contributed by atoms with Crippen molar-refractivity contribution in [3.63, 3.8) is 0 Å². The average Bonchev–Trinajstić information content (AvgIpc) is 2.92. The summed E-state index contributed by atoms with van der Waals surface area (Å²) in [6, 6.07) is 10.8. The SMILES string of the molecule is Cc1ccc2c(c1)C(=O)N(CC(=O)N1CCNCC1c1cccc(F)c1)C2=O. The molecule has 6 nitrogen and oxygen atoms in total. The number of benzene rings is 2. The van der Waals surface area contributed by atoms with Gasteiger partial charge in [-0.3, -0.25) is 19.3 Å². The molecule has 2 aromatic carbocycles. The van der Waals surface area contributed by atoms with Crippen LogP contribution in [-0.4, -0.2) is 53.7 Å². The van der Waals surface area contributed by atoms with Crippen LogP contribution in [0, 0.1) is 12.7 Å². The Labute approximate surface area is 161 Å². The summed E-state index contributed by atoms with van der Waals surface area (Å²) in [5, 5.41) is 3.21. The molecule has 0 radical (unpaired) electrons. The van der Waals surface area contributed by atoms with Gasteiger partial charge in [-0.15, -0.1) is 0 Å². The number of carbonyl (C=O) groups excluding carboxylic acids is 3. The molecular formula is C21H20FN3O3. The van der Waals surface area contributed by atoms with Crippen LogP contribution in [0.15, 0.2) is 42.5 Å². The zero-order valence-corrected chi connectivity index (χ0v) is 15.4. The first-order valence-corrected chi connectivity index (χ1v) is 9.18. The van der Waals surface area contributed by atoms with Crippen LogP contribution in [0.1, 0.15) is 37.9 Å². The molecule has 2 aliphatic rings. The normalized spacial score (nSPS) is 19.1. The highest BCUT2D eigenvalue weighted by molar-refractivity contribution is 6.22. The maximum absolute atomic E-state index is 13.6. The Balaban J connectivity index is 1.56. The molecule has 0 spiro atoms. The van der Waals surface area contributed by atoms with Gasteiger partial charge in [0.15, 0.2) is 0 Å². The highest BCUT2D eigenvalue weighted by Crippen LogP contribution is 2.26. The Morgan fingerprint density at radius 3 is 2.71 bits per heavy atom. The summed E-state index contributed by atoms with van der Waals surface area (Å²) in [6.45, 7) is 3.02. The third-order valence-corrected chi connectivity index (χ3v) is 5.22. The van der Waals surface area contributed by atoms with E-state index in [1.807, 2.05) is 6.92 Å². The van der Waals surface area contributed by atoms with Crippen molar-refractivity contribution in [2.75, 3.05) is 26.2 Å². The Kier molecular flexibility index (Phi) is 4.68. The van der Waals surface area contributed by atoms with Crippen molar-refractivity contribution in [3.8, 4) is 0 Å². The first-order valence-electron chi connectivity index (χ1n) is 9.18. The van der Waals surface area contributed by atoms with Crippen molar-refractivity contribution in [1.29, 1.82) is 0 Å². The Hall–Kier alpha value is -3.06. The summed E-state index contributed by atoms with van der Waals surface area (Å²) in [7, 11) is 0. The molecule has 0 bridgehead atoms. The van der Waals surface area contributed by atoms with Crippen LogP contribution in [0.2, 0.25) is 0 Å². The molecule has 1 unspecified atom stereocenters. The number of nitrogens with one attached hydrogen (secondary N) is 1. The lowest BCUT2D eigenvalue weighted by atomic mass is 10.0. The fraction of sp³-hybridized carbons (Fsp3) is 0.286. The number of piperazine rings is 1. The number of hydrogen-bond donors (Lipinski definition) is 1. The maximum atomic E-state index is 13.6. The summed E-state index contributed by atoms with van der Waals surface area (Å²) >= 11 is 0. The number of carbonyl (C=O) groups is 3. The zero-order chi connectivity index (χ0) is 19.8. The lowest BCUT2D eigenvalue weighted by Gasteiger charge is -2.37. The minimum absolute atomic E-state index is 0.322. The molecule has 4 rings (SSSR count). The Morgan fingerprint density at radius 1 is 1.14 bits per heavy atom. The Morgan fingerprint density at radius 2 is 1.93 bits per heavy atom. The standard InChI is InChI=1S/C21H20FN3O3/c1-13-5-6-16-17(9-13)21(28)25(20(16)27)12-19(26)24-8-7-23-11-18(24)14-3-2-4-15(22)10-14/h2-6,9-10,18,23H,7-8,11-12H2,1H3. The minimum Gasteiger partial charge on any atom is -0.332 e. The number of halogens is 1. The van der Waals surface area contributed by atoms with E-state index in [0.717, 1.165) is 10.5 Å². The average molecular weight is 381 g/mol. The second-order valence-corrected chi connectivity index (χ2v) is 7.11. The molecule has 7 heteroatoms. The van der Waals surface area contributed by atoms with Crippen LogP contribution < -0.4 is 5.32 Å². The summed E-state index contributed by atoms with van der Waals surface area (Å²) in [6.07, 6.45) is 0. The van der Waals surface area contributed by atoms with Crippen molar-refractivity contribution >= 4 is 17.7 Å². The summed E-state index contributed by atoms with van der Waals surface area (Å²) < 4.78 is 13.6. The van der Waals surface area contributed by atoms with E-state index in [1.165, 1.54) is 12.1 Å². The van der Waals surface area contributed by atoms with Gasteiger partial charge in [0.25, 0.3) is 11.8 Å². The number of rotatable bonds is 3. The van der Waals surface area contributed by atoms with Gasteiger partial charge in [-0.05, 0) is 36.8 Å². The van der Waals surface area contributed by atoms with Crippen LogP contribution in [-0.2, 0) is 4.79 Å². The van der Waals surface area contributed by atoms with Crippen molar-refractivity contribution < 1.29 is 18.8 Å². The summed E-state index contributed by atoms with van der Waals surface area (Å²) in [5.41, 5.74) is 2.21. The van der Waals surface area contributed by atoms with Gasteiger partial charge < -0.3 is 10.2 Å². The quantitative estimate of drug-likeness (QED) is 0.825. The van der Waals surface area contributed by atoms with E-state index in [1.54, 1.807) is 35.2 Å². The van der Waals surface area contributed by atoms with Gasteiger partial charge in [0.1, 0.15) is 12.4 Å². The molecule has 1 atom stereocenters. The molecule has 0 saturated carbocycles. The van der Waals surface area contributed by atoms with Crippen molar-refractivity contribution in [3.05, 3.63) is 70.5 Å². The van der Waals surface area contributed by atoms with E-state index in [9.17, 15) is 18.8 Å². The van der Waals surface area contributed by atoms with Crippen molar-refractivity contribution in [1.82, 2.24) is 15.1 Å². The number of aryl methyl sites for hydroxylation is 1. The van der Waals surface area contributed by atoms with Gasteiger partial charge in [0.05, 0.1) is 17.2 Å². The van der Waals surface area contributed by atoms with E-state index in [2.05, 4.69) is 5.32 Å². The predicted molar refractivity (Wildman–Crippen MR) is 100 cm³/mol. The lowest BCUT2D eigenvalue weighted by molar-refractivity contribution is -0.134. The molecular weight excluding hydrogens is 361 g/mol. The first kappa shape index (κ1) is 18.3. The number of amides is 3. The second-order valence-electron chi connectivity index (χ2n) is 7.11. The number of fused-ring (bicyclic) bond motifs is 1. The van der Waals surface area contributed by atoms with Crippen LogP contribution in [0.3, 0.4) is 0 Å². The number of nitrogens with zero attached hydrogens (tertiary/aromatic N) is 2. The smallest absolute Gasteiger partial charge is 0.262 e. The topological polar surface area (TPSA) is 69.7 Å². The molecule has 0 aromatic heterocycles. The lowest BCUT2D eigenvalue weighted by Crippen LogP contribution is -2.52. The van der Waals surface area contributed by atoms with Gasteiger partial charge >= 0.3 is 0 Å². The predicted octanol–water partition coefficient (Wildman–Crippen LogP) is 1.90. The first-order chi connectivity index (χ1) is 13.5. The molecule has 2 aliphatic heterocycles. The summed E-state index contributed by atoms with van der Waals surface area (Å²) in [5.74, 6) is -1.60. The largest absolute Gasteiger partial charge is 0.332 e. The second kappa shape index (κ2) is 7.16. The Bertz CT molecular complexity index is 975. The number of hydrogen-bond acceptors (Lipinski definition) is 4. The highest BCUT2D eigenvalue weighted by Gasteiger charge is 2.38. The van der Waals surface area contributed by atoms with E-state index in [4.69, 9.17) is 0 Å². The fourth-order valence-corrected chi connectivity index (χ4v) is 3.79. The van der Waals surface area contributed by atoms with Crippen molar-refractivity contribution in [2.24, 2.45) is 0 Å². The maximum Gasteiger partial charge on any atom is 0.262 e. The molecule has 1 fully saturated rings. The monoisotopic (exact) mass is 381 g/mol. The summed E-state index contributed by atoms with van der Waals surface area (Å²) in [4.78, 5) is 40.9. The molecule has 2 heterocycles. The molecule has 2 aromatic rings. The third kappa shape index (κ3) is 3.18. The van der Waals surface area contributed by atoms with Gasteiger partial charge in [-0.1, -0.05) is 23.8 Å². The van der Waals surface area contributed by atoms with Crippen LogP contribution >= 0.6 is 0 Å². The third-order valence-electron chi connectivity index (χ3n) is 5.22. The van der Waals surface area contributed by atoms with E-state index in [-0.39, 0.29) is 24.3 Å². The highest BCUT2D eigenvalue weighted by atomic mass is 19.1. The minimum atomic E-state index is -0.453. The van der Waals surface area contributed by atoms with Crippen LogP contribution in [0.5, 0.6) is 0 Å². The number of imide groups is 1. The van der Waals surface area contributed by atoms with Gasteiger partial charge in [-0.2, -0.15) is 0 Å². The molecule has 144 valence electrons. The molecule has 1 saturated heterocycles. The molecule has 28 heavy (non-hydrogen) atoms. The zero-order valence-electron chi connectivity index (χ0n) is 15.4. The van der Waals surface area contributed by atoms with E-state index >= 15 is 0 Å².